The third-order valence-electron chi connectivity index (χ3n) is 5.83. The van der Waals surface area contributed by atoms with Crippen molar-refractivity contribution in [1.82, 2.24) is 0 Å². The van der Waals surface area contributed by atoms with E-state index in [0.717, 1.165) is 24.9 Å². The predicted molar refractivity (Wildman–Crippen MR) is 130 cm³/mol. The molecule has 0 radical (unpaired) electrons. The quantitative estimate of drug-likeness (QED) is 0.497. The Hall–Kier alpha value is -2.23. The molecule has 2 atom stereocenters. The molecule has 0 aliphatic carbocycles. The molecule has 0 amide bonds. The minimum absolute atomic E-state index is 0.00609. The molecule has 0 saturated heterocycles. The average molecular weight is 494 g/mol. The number of carboxylic acid groups (broad SMARTS) is 1. The van der Waals surface area contributed by atoms with Gasteiger partial charge in [0.25, 0.3) is 0 Å². The molecular weight excluding hydrogens is 462 g/mol. The van der Waals surface area contributed by atoms with Crippen molar-refractivity contribution in [2.45, 2.75) is 49.0 Å². The zero-order valence-electron chi connectivity index (χ0n) is 19.2. The molecule has 1 aliphatic rings. The van der Waals surface area contributed by atoms with Gasteiger partial charge in [-0.1, -0.05) is 44.9 Å². The van der Waals surface area contributed by atoms with Crippen molar-refractivity contribution in [3.8, 4) is 5.75 Å². The molecule has 7 nitrogen and oxygen atoms in total. The van der Waals surface area contributed by atoms with E-state index < -0.39 is 33.9 Å². The molecule has 0 fully saturated rings. The van der Waals surface area contributed by atoms with E-state index in [1.54, 1.807) is 6.07 Å². The first-order valence-corrected chi connectivity index (χ1v) is 13.8. The van der Waals surface area contributed by atoms with Crippen molar-refractivity contribution in [3.05, 3.63) is 42.5 Å². The third kappa shape index (κ3) is 5.83. The average Bonchev–Trinajstić information content (AvgIpc) is 2.87. The van der Waals surface area contributed by atoms with Crippen LogP contribution in [0.1, 0.15) is 33.1 Å². The van der Waals surface area contributed by atoms with E-state index in [1.165, 1.54) is 17.8 Å². The van der Waals surface area contributed by atoms with Crippen LogP contribution in [0.5, 0.6) is 5.75 Å². The Morgan fingerprint density at radius 3 is 2.58 bits per heavy atom. The van der Waals surface area contributed by atoms with Gasteiger partial charge in [0.1, 0.15) is 12.4 Å². The van der Waals surface area contributed by atoms with Crippen molar-refractivity contribution in [3.63, 3.8) is 0 Å². The number of nitrogens with zero attached hydrogens (tertiary/aromatic N) is 1. The van der Waals surface area contributed by atoms with Gasteiger partial charge in [-0.05, 0) is 36.3 Å². The van der Waals surface area contributed by atoms with E-state index in [9.17, 15) is 18.3 Å². The third-order valence-corrected chi connectivity index (χ3v) is 8.67. The molecule has 0 saturated carbocycles. The van der Waals surface area contributed by atoms with E-state index >= 15 is 0 Å². The Balaban J connectivity index is 2.16. The van der Waals surface area contributed by atoms with Gasteiger partial charge in [-0.15, -0.1) is 11.8 Å². The Kier molecular flexibility index (Phi) is 7.97. The monoisotopic (exact) mass is 493 g/mol. The lowest BCUT2D eigenvalue weighted by molar-refractivity contribution is -0.148. The number of thioether (sulfide) groups is 1. The number of ether oxygens (including phenoxy) is 1. The maximum absolute atomic E-state index is 13.6. The van der Waals surface area contributed by atoms with Crippen LogP contribution in [0, 0.1) is 5.41 Å². The van der Waals surface area contributed by atoms with Crippen molar-refractivity contribution in [1.29, 1.82) is 0 Å². The minimum atomic E-state index is -3.67. The highest BCUT2D eigenvalue weighted by molar-refractivity contribution is 7.98. The van der Waals surface area contributed by atoms with Gasteiger partial charge in [0, 0.05) is 18.3 Å². The van der Waals surface area contributed by atoms with Crippen molar-refractivity contribution in [2.24, 2.45) is 5.41 Å². The first-order chi connectivity index (χ1) is 15.6. The molecule has 9 heteroatoms. The Morgan fingerprint density at radius 2 is 1.97 bits per heavy atom. The van der Waals surface area contributed by atoms with Gasteiger partial charge in [0.2, 0.25) is 0 Å². The van der Waals surface area contributed by atoms with Gasteiger partial charge in [-0.3, -0.25) is 0 Å². The Bertz CT molecular complexity index is 1090. The van der Waals surface area contributed by atoms with Gasteiger partial charge >= 0.3 is 5.97 Å². The number of unbranched alkanes of at least 4 members (excludes halogenated alkanes) is 1. The minimum Gasteiger partial charge on any atom is -0.489 e. The summed E-state index contributed by atoms with van der Waals surface area (Å²) in [5, 5.41) is 18.6. The summed E-state index contributed by atoms with van der Waals surface area (Å²) in [7, 11) is -3.67. The summed E-state index contributed by atoms with van der Waals surface area (Å²) in [4.78, 5) is 13.9. The predicted octanol–water partition coefficient (Wildman–Crippen LogP) is 4.35. The van der Waals surface area contributed by atoms with E-state index in [1.807, 2.05) is 43.5 Å². The van der Waals surface area contributed by atoms with Gasteiger partial charge in [-0.25, -0.2) is 13.2 Å². The highest BCUT2D eigenvalue weighted by Crippen LogP contribution is 2.46. The molecule has 1 heterocycles. The van der Waals surface area contributed by atoms with Gasteiger partial charge in [0.05, 0.1) is 21.2 Å². The molecule has 0 spiro atoms. The number of carbonyl (C=O) groups is 1. The Morgan fingerprint density at radius 1 is 1.27 bits per heavy atom. The van der Waals surface area contributed by atoms with E-state index in [4.69, 9.17) is 9.84 Å². The number of fused-ring (bicyclic) bond motifs is 1. The zero-order valence-corrected chi connectivity index (χ0v) is 20.8. The van der Waals surface area contributed by atoms with Crippen LogP contribution < -0.4 is 9.64 Å². The number of aliphatic carboxylic acids is 1. The van der Waals surface area contributed by atoms with E-state index in [2.05, 4.69) is 11.8 Å². The van der Waals surface area contributed by atoms with Crippen molar-refractivity contribution in [2.75, 3.05) is 30.1 Å². The lowest BCUT2D eigenvalue weighted by Gasteiger charge is -2.34. The second kappa shape index (κ2) is 10.4. The SMILES string of the molecule is CCCCC1(C)CN(c2ccccc2)c2cc(SC)c(OCC(O)C(=O)O)cc2S(=O)(=O)C1. The van der Waals surface area contributed by atoms with Crippen LogP contribution in [0.3, 0.4) is 0 Å². The fourth-order valence-electron chi connectivity index (χ4n) is 4.15. The summed E-state index contributed by atoms with van der Waals surface area (Å²) in [6.07, 6.45) is 2.83. The van der Waals surface area contributed by atoms with Crippen LogP contribution in [0.25, 0.3) is 0 Å². The summed E-state index contributed by atoms with van der Waals surface area (Å²) < 4.78 is 32.8. The smallest absolute Gasteiger partial charge is 0.336 e. The molecule has 3 rings (SSSR count). The summed E-state index contributed by atoms with van der Waals surface area (Å²) in [6, 6.07) is 13.0. The highest BCUT2D eigenvalue weighted by atomic mass is 32.2. The van der Waals surface area contributed by atoms with Crippen LogP contribution in [0.2, 0.25) is 0 Å². The van der Waals surface area contributed by atoms with Gasteiger partial charge in [0.15, 0.2) is 15.9 Å². The highest BCUT2D eigenvalue weighted by Gasteiger charge is 2.40. The number of sulfone groups is 1. The maximum atomic E-state index is 13.6. The van der Waals surface area contributed by atoms with E-state index in [0.29, 0.717) is 17.1 Å². The molecule has 1 aliphatic heterocycles. The fraction of sp³-hybridized carbons (Fsp3) is 0.458. The second-order valence-electron chi connectivity index (χ2n) is 8.73. The lowest BCUT2D eigenvalue weighted by Crippen LogP contribution is -2.35. The zero-order chi connectivity index (χ0) is 24.2. The largest absolute Gasteiger partial charge is 0.489 e. The molecule has 0 aromatic heterocycles. The maximum Gasteiger partial charge on any atom is 0.336 e. The summed E-state index contributed by atoms with van der Waals surface area (Å²) in [5.41, 5.74) is 1.03. The first-order valence-electron chi connectivity index (χ1n) is 10.9. The molecular formula is C24H31NO6S2. The van der Waals surface area contributed by atoms with Crippen LogP contribution in [0.15, 0.2) is 52.3 Å². The number of aliphatic hydroxyl groups excluding tert-OH is 1. The second-order valence-corrected chi connectivity index (χ2v) is 11.5. The molecule has 2 N–H and O–H groups in total. The van der Waals surface area contributed by atoms with Crippen molar-refractivity contribution < 1.29 is 28.2 Å². The van der Waals surface area contributed by atoms with E-state index in [-0.39, 0.29) is 16.4 Å². The van der Waals surface area contributed by atoms with Crippen molar-refractivity contribution >= 4 is 38.9 Å². The fourth-order valence-corrected chi connectivity index (χ4v) is 6.78. The molecule has 180 valence electrons. The van der Waals surface area contributed by atoms with Crippen LogP contribution in [0.4, 0.5) is 11.4 Å². The number of para-hydroxylation sites is 1. The standard InChI is InChI=1S/C24H31NO6S2/c1-4-5-11-24(2)15-25(17-9-7-6-8-10-17)18-12-21(32-3)20(31-14-19(26)23(27)28)13-22(18)33(29,30)16-24/h6-10,12-13,19,26H,4-5,11,14-16H2,1-3H3,(H,27,28). The van der Waals surface area contributed by atoms with Crippen LogP contribution in [-0.2, 0) is 14.6 Å². The molecule has 2 aromatic carbocycles. The number of hydrogen-bond acceptors (Lipinski definition) is 7. The Labute approximate surface area is 199 Å². The van der Waals surface area contributed by atoms with Crippen LogP contribution in [-0.4, -0.2) is 55.9 Å². The normalized spacial score (nSPS) is 20.5. The number of aliphatic hydroxyl groups is 1. The summed E-state index contributed by atoms with van der Waals surface area (Å²) >= 11 is 1.37. The van der Waals surface area contributed by atoms with Gasteiger partial charge < -0.3 is 19.8 Å². The number of benzene rings is 2. The first kappa shape index (κ1) is 25.4. The lowest BCUT2D eigenvalue weighted by atomic mass is 9.86. The molecule has 33 heavy (non-hydrogen) atoms. The topological polar surface area (TPSA) is 104 Å². The van der Waals surface area contributed by atoms with Gasteiger partial charge in [-0.2, -0.15) is 0 Å². The number of carboxylic acids is 1. The summed E-state index contributed by atoms with van der Waals surface area (Å²) in [5.74, 6) is -1.15. The molecule has 0 bridgehead atoms. The molecule has 2 aromatic rings. The number of rotatable bonds is 9. The van der Waals surface area contributed by atoms with Crippen LogP contribution >= 0.6 is 11.8 Å². The number of hydrogen-bond donors (Lipinski definition) is 2. The summed E-state index contributed by atoms with van der Waals surface area (Å²) in [6.45, 7) is 4.20. The number of anilines is 2. The molecule has 2 unspecified atom stereocenters.